The van der Waals surface area contributed by atoms with Crippen LogP contribution in [0.25, 0.3) is 0 Å². The summed E-state index contributed by atoms with van der Waals surface area (Å²) < 4.78 is 27.2. The van der Waals surface area contributed by atoms with Crippen LogP contribution in [0.1, 0.15) is 18.5 Å². The molecule has 1 aromatic rings. The maximum atomic E-state index is 12.6. The van der Waals surface area contributed by atoms with Crippen molar-refractivity contribution < 1.29 is 13.2 Å². The van der Waals surface area contributed by atoms with Crippen LogP contribution in [0.2, 0.25) is 5.02 Å². The third kappa shape index (κ3) is 3.52. The molecule has 0 aromatic heterocycles. The lowest BCUT2D eigenvalue weighted by Gasteiger charge is -2.29. The maximum absolute atomic E-state index is 12.6. The van der Waals surface area contributed by atoms with E-state index in [-0.39, 0.29) is 35.7 Å². The van der Waals surface area contributed by atoms with E-state index in [1.54, 1.807) is 35.4 Å². The first-order valence-corrected chi connectivity index (χ1v) is 9.39. The van der Waals surface area contributed by atoms with Crippen molar-refractivity contribution in [2.24, 2.45) is 4.40 Å². The molecule has 0 aliphatic carbocycles. The van der Waals surface area contributed by atoms with E-state index < -0.39 is 10.0 Å². The molecule has 0 saturated carbocycles. The van der Waals surface area contributed by atoms with E-state index in [1.165, 1.54) is 0 Å². The Morgan fingerprint density at radius 1 is 1.33 bits per heavy atom. The first kappa shape index (κ1) is 16.7. The Morgan fingerprint density at radius 2 is 2.04 bits per heavy atom. The summed E-state index contributed by atoms with van der Waals surface area (Å²) in [5, 5.41) is 3.48. The highest BCUT2D eigenvalue weighted by Gasteiger charge is 2.30. The van der Waals surface area contributed by atoms with Crippen molar-refractivity contribution in [3.8, 4) is 0 Å². The zero-order valence-electron chi connectivity index (χ0n) is 12.9. The zero-order valence-corrected chi connectivity index (χ0v) is 14.5. The number of hydrogen-bond acceptors (Lipinski definition) is 4. The number of amides is 1. The Bertz CT molecular complexity index is 857. The summed E-state index contributed by atoms with van der Waals surface area (Å²) in [7, 11) is -3.53. The van der Waals surface area contributed by atoms with Gasteiger partial charge in [-0.05, 0) is 36.8 Å². The number of nitrogens with one attached hydrogen (secondary N) is 1. The fourth-order valence-electron chi connectivity index (χ4n) is 2.50. The van der Waals surface area contributed by atoms with Gasteiger partial charge in [0.1, 0.15) is 0 Å². The van der Waals surface area contributed by atoms with E-state index in [9.17, 15) is 13.2 Å². The van der Waals surface area contributed by atoms with Gasteiger partial charge in [-0.1, -0.05) is 23.7 Å². The number of carbonyl (C=O) groups excluding carboxylic acids is 1. The summed E-state index contributed by atoms with van der Waals surface area (Å²) in [6, 6.07) is 6.91. The van der Waals surface area contributed by atoms with E-state index >= 15 is 0 Å². The lowest BCUT2D eigenvalue weighted by Crippen LogP contribution is -2.42. The predicted octanol–water partition coefficient (Wildman–Crippen LogP) is 2.01. The maximum Gasteiger partial charge on any atom is 0.256 e. The molecule has 2 heterocycles. The SMILES string of the molecule is C[C@H](NC(=O)C1=CC=CN2CCS(=O)(=O)N=C12)c1ccc(Cl)cc1. The van der Waals surface area contributed by atoms with Gasteiger partial charge in [-0.25, -0.2) is 8.42 Å². The molecule has 1 atom stereocenters. The molecule has 2 aliphatic heterocycles. The van der Waals surface area contributed by atoms with Gasteiger partial charge in [0.15, 0.2) is 5.84 Å². The second-order valence-corrected chi connectivity index (χ2v) is 7.75. The highest BCUT2D eigenvalue weighted by Crippen LogP contribution is 2.20. The molecule has 2 aliphatic rings. The minimum atomic E-state index is -3.53. The minimum absolute atomic E-state index is 0.0586. The standard InChI is InChI=1S/C16H16ClN3O3S/c1-11(12-4-6-13(17)7-5-12)18-16(21)14-3-2-8-20-9-10-24(22,23)19-15(14)20/h2-8,11H,9-10H2,1H3,(H,18,21)/t11-/m0/s1. The van der Waals surface area contributed by atoms with Crippen LogP contribution in [0.5, 0.6) is 0 Å². The normalized spacial score (nSPS) is 19.8. The number of allylic oxidation sites excluding steroid dienone is 2. The molecular weight excluding hydrogens is 350 g/mol. The van der Waals surface area contributed by atoms with Crippen molar-refractivity contribution in [2.75, 3.05) is 12.3 Å². The first-order chi connectivity index (χ1) is 11.4. The number of rotatable bonds is 3. The number of fused-ring (bicyclic) bond motifs is 1. The largest absolute Gasteiger partial charge is 0.345 e. The molecule has 3 rings (SSSR count). The van der Waals surface area contributed by atoms with Crippen LogP contribution in [0, 0.1) is 0 Å². The fraction of sp³-hybridized carbons (Fsp3) is 0.250. The van der Waals surface area contributed by atoms with Crippen LogP contribution < -0.4 is 5.32 Å². The molecule has 8 heteroatoms. The number of halogens is 1. The number of benzene rings is 1. The summed E-state index contributed by atoms with van der Waals surface area (Å²) in [4.78, 5) is 14.2. The molecule has 6 nitrogen and oxygen atoms in total. The smallest absolute Gasteiger partial charge is 0.256 e. The highest BCUT2D eigenvalue weighted by molar-refractivity contribution is 7.90. The Balaban J connectivity index is 1.81. The van der Waals surface area contributed by atoms with E-state index in [1.807, 2.05) is 19.1 Å². The van der Waals surface area contributed by atoms with Gasteiger partial charge in [0.2, 0.25) is 0 Å². The molecule has 0 bridgehead atoms. The van der Waals surface area contributed by atoms with Crippen molar-refractivity contribution in [1.29, 1.82) is 0 Å². The molecule has 24 heavy (non-hydrogen) atoms. The molecule has 126 valence electrons. The second-order valence-electron chi connectivity index (χ2n) is 5.56. The summed E-state index contributed by atoms with van der Waals surface area (Å²) >= 11 is 5.86. The topological polar surface area (TPSA) is 78.8 Å². The summed E-state index contributed by atoms with van der Waals surface area (Å²) in [6.45, 7) is 2.13. The van der Waals surface area contributed by atoms with E-state index in [0.29, 0.717) is 5.02 Å². The zero-order chi connectivity index (χ0) is 17.3. The fourth-order valence-corrected chi connectivity index (χ4v) is 3.61. The van der Waals surface area contributed by atoms with Gasteiger partial charge in [0.25, 0.3) is 15.9 Å². The number of sulfonamides is 1. The Morgan fingerprint density at radius 3 is 2.75 bits per heavy atom. The van der Waals surface area contributed by atoms with Gasteiger partial charge >= 0.3 is 0 Å². The van der Waals surface area contributed by atoms with Crippen LogP contribution in [0.15, 0.2) is 52.6 Å². The lowest BCUT2D eigenvalue weighted by molar-refractivity contribution is -0.117. The van der Waals surface area contributed by atoms with Crippen LogP contribution in [0.3, 0.4) is 0 Å². The molecule has 0 spiro atoms. The predicted molar refractivity (Wildman–Crippen MR) is 93.2 cm³/mol. The lowest BCUT2D eigenvalue weighted by atomic mass is 10.1. The van der Waals surface area contributed by atoms with Crippen LogP contribution in [-0.2, 0) is 14.8 Å². The van der Waals surface area contributed by atoms with Gasteiger partial charge in [-0.2, -0.15) is 0 Å². The molecule has 0 fully saturated rings. The average molecular weight is 366 g/mol. The van der Waals surface area contributed by atoms with Gasteiger partial charge in [-0.3, -0.25) is 4.79 Å². The summed E-state index contributed by atoms with van der Waals surface area (Å²) in [5.41, 5.74) is 1.14. The van der Waals surface area contributed by atoms with Gasteiger partial charge in [0.05, 0.1) is 17.4 Å². The number of nitrogens with zero attached hydrogens (tertiary/aromatic N) is 2. The Kier molecular flexibility index (Phi) is 4.47. The summed E-state index contributed by atoms with van der Waals surface area (Å²) in [6.07, 6.45) is 4.99. The minimum Gasteiger partial charge on any atom is -0.345 e. The first-order valence-electron chi connectivity index (χ1n) is 7.40. The van der Waals surface area contributed by atoms with Crippen molar-refractivity contribution in [3.05, 3.63) is 58.8 Å². The average Bonchev–Trinajstić information content (AvgIpc) is 2.54. The molecule has 1 N–H and O–H groups in total. The van der Waals surface area contributed by atoms with Crippen molar-refractivity contribution in [2.45, 2.75) is 13.0 Å². The highest BCUT2D eigenvalue weighted by atomic mass is 35.5. The van der Waals surface area contributed by atoms with Crippen LogP contribution in [-0.4, -0.2) is 37.4 Å². The number of carbonyl (C=O) groups is 1. The Hall–Kier alpha value is -2.12. The van der Waals surface area contributed by atoms with Crippen molar-refractivity contribution in [1.82, 2.24) is 10.2 Å². The monoisotopic (exact) mass is 365 g/mol. The third-order valence-electron chi connectivity index (χ3n) is 3.82. The molecule has 0 radical (unpaired) electrons. The van der Waals surface area contributed by atoms with Crippen molar-refractivity contribution in [3.63, 3.8) is 0 Å². The molecular formula is C16H16ClN3O3S. The van der Waals surface area contributed by atoms with Gasteiger partial charge < -0.3 is 10.2 Å². The van der Waals surface area contributed by atoms with E-state index in [2.05, 4.69) is 9.71 Å². The van der Waals surface area contributed by atoms with Gasteiger partial charge in [0, 0.05) is 17.8 Å². The van der Waals surface area contributed by atoms with E-state index in [4.69, 9.17) is 11.6 Å². The van der Waals surface area contributed by atoms with Crippen molar-refractivity contribution >= 4 is 33.4 Å². The molecule has 1 aromatic carbocycles. The quantitative estimate of drug-likeness (QED) is 0.888. The molecule has 0 saturated heterocycles. The Labute approximate surface area is 145 Å². The van der Waals surface area contributed by atoms with Gasteiger partial charge in [-0.15, -0.1) is 4.40 Å². The molecule has 1 amide bonds. The van der Waals surface area contributed by atoms with E-state index in [0.717, 1.165) is 5.56 Å². The second kappa shape index (κ2) is 6.41. The third-order valence-corrected chi connectivity index (χ3v) is 5.22. The summed E-state index contributed by atoms with van der Waals surface area (Å²) in [5.74, 6) is -0.260. The number of hydrogen-bond donors (Lipinski definition) is 1. The van der Waals surface area contributed by atoms with Crippen LogP contribution in [0.4, 0.5) is 0 Å². The van der Waals surface area contributed by atoms with Crippen LogP contribution >= 0.6 is 11.6 Å². The number of amidine groups is 1. The molecule has 0 unspecified atom stereocenters.